The van der Waals surface area contributed by atoms with Crippen LogP contribution in [0.15, 0.2) is 41.4 Å². The molecule has 0 aliphatic rings. The second-order valence-electron chi connectivity index (χ2n) is 5.04. The van der Waals surface area contributed by atoms with Crippen molar-refractivity contribution in [3.63, 3.8) is 0 Å². The first-order chi connectivity index (χ1) is 10.5. The van der Waals surface area contributed by atoms with Crippen molar-refractivity contribution in [2.45, 2.75) is 20.8 Å². The first-order valence-corrected chi connectivity index (χ1v) is 7.12. The van der Waals surface area contributed by atoms with Gasteiger partial charge in [-0.3, -0.25) is 4.99 Å². The van der Waals surface area contributed by atoms with Gasteiger partial charge in [0.2, 0.25) is 0 Å². The van der Waals surface area contributed by atoms with Crippen molar-refractivity contribution >= 4 is 17.9 Å². The number of carboxylic acids is 1. The summed E-state index contributed by atoms with van der Waals surface area (Å²) in [6.07, 6.45) is 1.67. The molecule has 2 rings (SSSR count). The Morgan fingerprint density at radius 1 is 1.23 bits per heavy atom. The quantitative estimate of drug-likeness (QED) is 0.843. The van der Waals surface area contributed by atoms with Crippen molar-refractivity contribution in [1.82, 2.24) is 0 Å². The fourth-order valence-electron chi connectivity index (χ4n) is 2.08. The van der Waals surface area contributed by atoms with E-state index in [0.717, 1.165) is 22.4 Å². The Bertz CT molecular complexity index is 720. The molecule has 114 valence electrons. The van der Waals surface area contributed by atoms with Gasteiger partial charge in [-0.05, 0) is 61.7 Å². The number of benzene rings is 2. The zero-order valence-electron chi connectivity index (χ0n) is 13.0. The van der Waals surface area contributed by atoms with E-state index in [2.05, 4.69) is 4.99 Å². The molecular formula is C18H19NO3. The van der Waals surface area contributed by atoms with Crippen LogP contribution in [0, 0.1) is 13.8 Å². The highest BCUT2D eigenvalue weighted by molar-refractivity contribution is 5.94. The lowest BCUT2D eigenvalue weighted by Crippen LogP contribution is -2.03. The average Bonchev–Trinajstić information content (AvgIpc) is 2.49. The fraction of sp³-hybridized carbons (Fsp3) is 0.222. The maximum Gasteiger partial charge on any atom is 0.339 e. The van der Waals surface area contributed by atoms with Crippen LogP contribution in [-0.2, 0) is 0 Å². The van der Waals surface area contributed by atoms with Gasteiger partial charge < -0.3 is 9.84 Å². The van der Waals surface area contributed by atoms with E-state index in [9.17, 15) is 9.90 Å². The summed E-state index contributed by atoms with van der Waals surface area (Å²) in [4.78, 5) is 15.8. The third kappa shape index (κ3) is 3.73. The minimum absolute atomic E-state index is 0.145. The van der Waals surface area contributed by atoms with E-state index in [1.807, 2.05) is 39.0 Å². The predicted octanol–water partition coefficient (Wildman–Crippen LogP) is 4.15. The molecule has 0 radical (unpaired) electrons. The molecule has 0 bridgehead atoms. The van der Waals surface area contributed by atoms with Gasteiger partial charge >= 0.3 is 5.97 Å². The third-order valence-corrected chi connectivity index (χ3v) is 3.25. The van der Waals surface area contributed by atoms with Gasteiger partial charge in [0.05, 0.1) is 12.3 Å². The van der Waals surface area contributed by atoms with Crippen LogP contribution in [0.4, 0.5) is 5.69 Å². The summed E-state index contributed by atoms with van der Waals surface area (Å²) in [5.41, 5.74) is 3.96. The van der Waals surface area contributed by atoms with Crippen LogP contribution in [0.25, 0.3) is 0 Å². The number of hydrogen-bond donors (Lipinski definition) is 1. The van der Waals surface area contributed by atoms with Crippen molar-refractivity contribution in [2.75, 3.05) is 6.61 Å². The highest BCUT2D eigenvalue weighted by Gasteiger charge is 2.11. The molecule has 0 unspecified atom stereocenters. The Hall–Kier alpha value is -2.62. The van der Waals surface area contributed by atoms with Crippen LogP contribution < -0.4 is 4.74 Å². The summed E-state index contributed by atoms with van der Waals surface area (Å²) in [5, 5.41) is 9.26. The monoisotopic (exact) mass is 297 g/mol. The van der Waals surface area contributed by atoms with Crippen LogP contribution >= 0.6 is 0 Å². The Labute approximate surface area is 130 Å². The highest BCUT2D eigenvalue weighted by atomic mass is 16.5. The number of aryl methyl sites for hydroxylation is 2. The first kappa shape index (κ1) is 15.8. The Kier molecular flexibility index (Phi) is 4.94. The van der Waals surface area contributed by atoms with Gasteiger partial charge in [0, 0.05) is 6.21 Å². The first-order valence-electron chi connectivity index (χ1n) is 7.12. The minimum atomic E-state index is -1.01. The summed E-state index contributed by atoms with van der Waals surface area (Å²) < 4.78 is 5.33. The van der Waals surface area contributed by atoms with E-state index < -0.39 is 5.97 Å². The van der Waals surface area contributed by atoms with Crippen LogP contribution in [0.5, 0.6) is 5.75 Å². The number of hydrogen-bond acceptors (Lipinski definition) is 3. The number of carbonyl (C=O) groups is 1. The van der Waals surface area contributed by atoms with Crippen molar-refractivity contribution in [3.8, 4) is 5.75 Å². The van der Waals surface area contributed by atoms with Crippen LogP contribution in [0.3, 0.4) is 0 Å². The summed E-state index contributed by atoms with van der Waals surface area (Å²) in [5.74, 6) is -0.635. The van der Waals surface area contributed by atoms with Crippen LogP contribution in [0.2, 0.25) is 0 Å². The molecule has 0 saturated carbocycles. The van der Waals surface area contributed by atoms with Gasteiger partial charge in [-0.2, -0.15) is 0 Å². The lowest BCUT2D eigenvalue weighted by molar-refractivity contribution is 0.0692. The van der Waals surface area contributed by atoms with Crippen molar-refractivity contribution in [2.24, 2.45) is 4.99 Å². The molecule has 0 atom stereocenters. The van der Waals surface area contributed by atoms with Gasteiger partial charge in [0.25, 0.3) is 0 Å². The number of rotatable bonds is 5. The molecule has 0 fully saturated rings. The Balaban J connectivity index is 2.33. The van der Waals surface area contributed by atoms with E-state index in [0.29, 0.717) is 12.4 Å². The average molecular weight is 297 g/mol. The molecule has 0 aliphatic heterocycles. The van der Waals surface area contributed by atoms with Crippen molar-refractivity contribution in [1.29, 1.82) is 0 Å². The van der Waals surface area contributed by atoms with Gasteiger partial charge in [-0.25, -0.2) is 4.79 Å². The zero-order valence-corrected chi connectivity index (χ0v) is 13.0. The zero-order chi connectivity index (χ0) is 16.1. The molecule has 2 aromatic carbocycles. The molecule has 22 heavy (non-hydrogen) atoms. The summed E-state index contributed by atoms with van der Waals surface area (Å²) in [6, 6.07) is 11.1. The maximum absolute atomic E-state index is 11.3. The summed E-state index contributed by atoms with van der Waals surface area (Å²) in [7, 11) is 0. The van der Waals surface area contributed by atoms with Gasteiger partial charge in [-0.1, -0.05) is 12.1 Å². The molecule has 0 saturated heterocycles. The molecule has 4 nitrogen and oxygen atoms in total. The van der Waals surface area contributed by atoms with E-state index in [1.165, 1.54) is 0 Å². The molecule has 4 heteroatoms. The molecule has 0 heterocycles. The van der Waals surface area contributed by atoms with Gasteiger partial charge in [-0.15, -0.1) is 0 Å². The molecule has 0 aliphatic carbocycles. The Morgan fingerprint density at radius 2 is 2.00 bits per heavy atom. The molecule has 0 spiro atoms. The number of aromatic carboxylic acids is 1. The molecule has 0 aromatic heterocycles. The number of aliphatic imine (C=N–C) groups is 1. The van der Waals surface area contributed by atoms with Gasteiger partial charge in [0.1, 0.15) is 11.3 Å². The highest BCUT2D eigenvalue weighted by Crippen LogP contribution is 2.22. The summed E-state index contributed by atoms with van der Waals surface area (Å²) >= 11 is 0. The standard InChI is InChI=1S/C18H19NO3/c1-4-22-17-8-7-14(10-15(17)18(20)21)11-19-16-9-12(2)5-6-13(16)3/h5-11H,4H2,1-3H3,(H,20,21). The normalized spacial score (nSPS) is 10.9. The Morgan fingerprint density at radius 3 is 2.68 bits per heavy atom. The lowest BCUT2D eigenvalue weighted by Gasteiger charge is -2.07. The minimum Gasteiger partial charge on any atom is -0.493 e. The topological polar surface area (TPSA) is 58.9 Å². The SMILES string of the molecule is CCOc1ccc(C=Nc2cc(C)ccc2C)cc1C(=O)O. The molecule has 1 N–H and O–H groups in total. The van der Waals surface area contributed by atoms with E-state index in [4.69, 9.17) is 4.74 Å². The molecule has 0 amide bonds. The predicted molar refractivity (Wildman–Crippen MR) is 87.7 cm³/mol. The van der Waals surface area contributed by atoms with E-state index in [-0.39, 0.29) is 5.56 Å². The number of ether oxygens (including phenoxy) is 1. The van der Waals surface area contributed by atoms with Crippen LogP contribution in [0.1, 0.15) is 34.0 Å². The largest absolute Gasteiger partial charge is 0.493 e. The second-order valence-corrected chi connectivity index (χ2v) is 5.04. The third-order valence-electron chi connectivity index (χ3n) is 3.25. The molecular weight excluding hydrogens is 278 g/mol. The fourth-order valence-corrected chi connectivity index (χ4v) is 2.08. The van der Waals surface area contributed by atoms with E-state index >= 15 is 0 Å². The smallest absolute Gasteiger partial charge is 0.339 e. The van der Waals surface area contributed by atoms with E-state index in [1.54, 1.807) is 24.4 Å². The number of carboxylic acid groups (broad SMARTS) is 1. The molecule has 2 aromatic rings. The lowest BCUT2D eigenvalue weighted by atomic mass is 10.1. The van der Waals surface area contributed by atoms with Crippen LogP contribution in [-0.4, -0.2) is 23.9 Å². The van der Waals surface area contributed by atoms with Crippen molar-refractivity contribution < 1.29 is 14.6 Å². The van der Waals surface area contributed by atoms with Gasteiger partial charge in [0.15, 0.2) is 0 Å². The maximum atomic E-state index is 11.3. The summed E-state index contributed by atoms with van der Waals surface area (Å²) in [6.45, 7) is 6.25. The second kappa shape index (κ2) is 6.89. The van der Waals surface area contributed by atoms with Crippen molar-refractivity contribution in [3.05, 3.63) is 58.7 Å². The number of nitrogens with zero attached hydrogens (tertiary/aromatic N) is 1.